The Hall–Kier alpha value is -1.01. The second kappa shape index (κ2) is 4.88. The molecule has 0 bridgehead atoms. The average molecular weight is 241 g/mol. The maximum atomic E-state index is 11.4. The van der Waals surface area contributed by atoms with Crippen LogP contribution in [0, 0.1) is 0 Å². The zero-order chi connectivity index (χ0) is 11.4. The van der Waals surface area contributed by atoms with Crippen molar-refractivity contribution in [3.05, 3.63) is 24.3 Å². The number of nitrogens with zero attached hydrogens (tertiary/aromatic N) is 2. The quantitative estimate of drug-likeness (QED) is 0.815. The molecule has 2 heterocycles. The minimum Gasteiger partial charge on any atom is -0.309 e. The van der Waals surface area contributed by atoms with Crippen LogP contribution < -0.4 is 5.32 Å². The van der Waals surface area contributed by atoms with Crippen molar-refractivity contribution < 1.29 is 8.42 Å². The van der Waals surface area contributed by atoms with Crippen LogP contribution in [0.3, 0.4) is 0 Å². The van der Waals surface area contributed by atoms with Crippen LogP contribution in [-0.2, 0) is 16.4 Å². The molecule has 88 valence electrons. The molecule has 1 aromatic rings. The van der Waals surface area contributed by atoms with Gasteiger partial charge in [0.05, 0.1) is 11.5 Å². The van der Waals surface area contributed by atoms with Crippen LogP contribution in [-0.4, -0.2) is 35.9 Å². The summed E-state index contributed by atoms with van der Waals surface area (Å²) in [4.78, 5) is 7.82. The first-order chi connectivity index (χ1) is 7.66. The Morgan fingerprint density at radius 1 is 1.38 bits per heavy atom. The van der Waals surface area contributed by atoms with E-state index >= 15 is 0 Å². The number of sulfone groups is 1. The lowest BCUT2D eigenvalue weighted by molar-refractivity contribution is 0.479. The van der Waals surface area contributed by atoms with E-state index < -0.39 is 9.84 Å². The van der Waals surface area contributed by atoms with E-state index in [0.29, 0.717) is 12.3 Å². The molecule has 1 unspecified atom stereocenters. The molecule has 0 aliphatic carbocycles. The van der Waals surface area contributed by atoms with Gasteiger partial charge in [-0.2, -0.15) is 0 Å². The van der Waals surface area contributed by atoms with Crippen LogP contribution in [0.1, 0.15) is 18.4 Å². The largest absolute Gasteiger partial charge is 0.309 e. The highest BCUT2D eigenvalue weighted by molar-refractivity contribution is 7.91. The monoisotopic (exact) mass is 241 g/mol. The maximum absolute atomic E-state index is 11.4. The summed E-state index contributed by atoms with van der Waals surface area (Å²) in [6.45, 7) is 0.626. The molecule has 6 heteroatoms. The van der Waals surface area contributed by atoms with Gasteiger partial charge in [0.15, 0.2) is 9.84 Å². The zero-order valence-electron chi connectivity index (χ0n) is 8.96. The molecule has 0 saturated carbocycles. The number of nitrogens with one attached hydrogen (secondary N) is 1. The highest BCUT2D eigenvalue weighted by atomic mass is 32.2. The van der Waals surface area contributed by atoms with Crippen LogP contribution >= 0.6 is 0 Å². The van der Waals surface area contributed by atoms with E-state index in [2.05, 4.69) is 15.3 Å². The predicted molar refractivity (Wildman–Crippen MR) is 60.5 cm³/mol. The van der Waals surface area contributed by atoms with Crippen molar-refractivity contribution in [2.75, 3.05) is 11.5 Å². The molecule has 1 fully saturated rings. The summed E-state index contributed by atoms with van der Waals surface area (Å²) in [5, 5.41) is 3.23. The van der Waals surface area contributed by atoms with Gasteiger partial charge in [-0.1, -0.05) is 0 Å². The third-order valence-electron chi connectivity index (χ3n) is 2.67. The molecule has 1 saturated heterocycles. The van der Waals surface area contributed by atoms with Crippen molar-refractivity contribution in [3.8, 4) is 0 Å². The highest BCUT2D eigenvalue weighted by Gasteiger charge is 2.23. The molecule has 0 aromatic carbocycles. The van der Waals surface area contributed by atoms with Crippen LogP contribution in [0.25, 0.3) is 0 Å². The summed E-state index contributed by atoms with van der Waals surface area (Å²) in [6, 6.07) is 0.0685. The van der Waals surface area contributed by atoms with Gasteiger partial charge in [0.1, 0.15) is 6.33 Å². The summed E-state index contributed by atoms with van der Waals surface area (Å²) in [5.74, 6) is 0.584. The minimum absolute atomic E-state index is 0.0685. The van der Waals surface area contributed by atoms with Crippen molar-refractivity contribution >= 4 is 9.84 Å². The Labute approximate surface area is 95.2 Å². The lowest BCUT2D eigenvalue weighted by Crippen LogP contribution is -2.39. The minimum atomic E-state index is -2.83. The van der Waals surface area contributed by atoms with E-state index in [9.17, 15) is 8.42 Å². The molecule has 0 amide bonds. The van der Waals surface area contributed by atoms with Crippen molar-refractivity contribution in [1.82, 2.24) is 15.3 Å². The molecule has 1 atom stereocenters. The number of hydrogen-bond acceptors (Lipinski definition) is 5. The Kier molecular flexibility index (Phi) is 3.50. The van der Waals surface area contributed by atoms with Gasteiger partial charge in [-0.15, -0.1) is 0 Å². The molecule has 16 heavy (non-hydrogen) atoms. The van der Waals surface area contributed by atoms with Crippen LogP contribution in [0.5, 0.6) is 0 Å². The normalized spacial score (nSPS) is 24.1. The van der Waals surface area contributed by atoms with Gasteiger partial charge < -0.3 is 5.32 Å². The van der Waals surface area contributed by atoms with Crippen molar-refractivity contribution in [2.24, 2.45) is 0 Å². The van der Waals surface area contributed by atoms with E-state index in [1.165, 1.54) is 6.33 Å². The Morgan fingerprint density at radius 3 is 2.81 bits per heavy atom. The van der Waals surface area contributed by atoms with Gasteiger partial charge in [0.25, 0.3) is 0 Å². The first kappa shape index (κ1) is 11.5. The standard InChI is InChI=1S/C10H15N3O2S/c14-16(15)3-1-2-10(7-16)13-6-9-4-11-8-12-5-9/h4-5,8,10,13H,1-3,6-7H2. The zero-order valence-corrected chi connectivity index (χ0v) is 9.78. The molecule has 0 spiro atoms. The van der Waals surface area contributed by atoms with Gasteiger partial charge in [-0.3, -0.25) is 0 Å². The van der Waals surface area contributed by atoms with Gasteiger partial charge >= 0.3 is 0 Å². The Balaban J connectivity index is 1.87. The number of aromatic nitrogens is 2. The van der Waals surface area contributed by atoms with Gasteiger partial charge in [-0.25, -0.2) is 18.4 Å². The molecule has 0 radical (unpaired) electrons. The average Bonchev–Trinajstić information content (AvgIpc) is 2.27. The first-order valence-corrected chi connectivity index (χ1v) is 7.15. The van der Waals surface area contributed by atoms with Crippen LogP contribution in [0.4, 0.5) is 0 Å². The van der Waals surface area contributed by atoms with E-state index in [1.807, 2.05) is 0 Å². The molecular formula is C10H15N3O2S. The lowest BCUT2D eigenvalue weighted by atomic mass is 10.2. The molecule has 1 aliphatic rings. The summed E-state index contributed by atoms with van der Waals surface area (Å²) in [5.41, 5.74) is 0.977. The van der Waals surface area contributed by atoms with E-state index in [1.54, 1.807) is 12.4 Å². The molecular weight excluding hydrogens is 226 g/mol. The van der Waals surface area contributed by atoms with Crippen molar-refractivity contribution in [2.45, 2.75) is 25.4 Å². The number of hydrogen-bond donors (Lipinski definition) is 1. The Morgan fingerprint density at radius 2 is 2.12 bits per heavy atom. The fourth-order valence-corrected chi connectivity index (χ4v) is 3.54. The topological polar surface area (TPSA) is 72.0 Å². The van der Waals surface area contributed by atoms with E-state index in [0.717, 1.165) is 18.4 Å². The summed E-state index contributed by atoms with van der Waals surface area (Å²) in [7, 11) is -2.83. The second-order valence-electron chi connectivity index (χ2n) is 4.08. The van der Waals surface area contributed by atoms with Crippen molar-refractivity contribution in [1.29, 1.82) is 0 Å². The summed E-state index contributed by atoms with van der Waals surface area (Å²) in [6.07, 6.45) is 6.63. The predicted octanol–water partition coefficient (Wildman–Crippen LogP) is 0.143. The fourth-order valence-electron chi connectivity index (χ4n) is 1.87. The van der Waals surface area contributed by atoms with Gasteiger partial charge in [-0.05, 0) is 12.8 Å². The van der Waals surface area contributed by atoms with Crippen LogP contribution in [0.2, 0.25) is 0 Å². The smallest absolute Gasteiger partial charge is 0.151 e. The van der Waals surface area contributed by atoms with Gasteiger partial charge in [0, 0.05) is 30.5 Å². The first-order valence-electron chi connectivity index (χ1n) is 5.33. The van der Waals surface area contributed by atoms with E-state index in [4.69, 9.17) is 0 Å². The third-order valence-corrected chi connectivity index (χ3v) is 4.49. The highest BCUT2D eigenvalue weighted by Crippen LogP contribution is 2.12. The third kappa shape index (κ3) is 3.24. The van der Waals surface area contributed by atoms with Crippen LogP contribution in [0.15, 0.2) is 18.7 Å². The fraction of sp³-hybridized carbons (Fsp3) is 0.600. The van der Waals surface area contributed by atoms with Crippen molar-refractivity contribution in [3.63, 3.8) is 0 Å². The molecule has 1 aromatic heterocycles. The number of rotatable bonds is 3. The van der Waals surface area contributed by atoms with E-state index in [-0.39, 0.29) is 11.8 Å². The van der Waals surface area contributed by atoms with Gasteiger partial charge in [0.2, 0.25) is 0 Å². The molecule has 2 rings (SSSR count). The molecule has 1 N–H and O–H groups in total. The Bertz CT molecular complexity index is 433. The molecule has 5 nitrogen and oxygen atoms in total. The summed E-state index contributed by atoms with van der Waals surface area (Å²) >= 11 is 0. The second-order valence-corrected chi connectivity index (χ2v) is 6.31. The SMILES string of the molecule is O=S1(=O)CCCC(NCc2cncnc2)C1. The lowest BCUT2D eigenvalue weighted by Gasteiger charge is -2.22. The molecule has 1 aliphatic heterocycles. The summed E-state index contributed by atoms with van der Waals surface area (Å²) < 4.78 is 22.8. The maximum Gasteiger partial charge on any atom is 0.151 e.